The van der Waals surface area contributed by atoms with Crippen LogP contribution in [0.5, 0.6) is 0 Å². The van der Waals surface area contributed by atoms with E-state index in [1.54, 1.807) is 12.1 Å². The van der Waals surface area contributed by atoms with Gasteiger partial charge in [-0.1, -0.05) is 13.8 Å². The largest absolute Gasteiger partial charge is 0.456 e. The second kappa shape index (κ2) is 5.56. The van der Waals surface area contributed by atoms with Crippen molar-refractivity contribution in [2.75, 3.05) is 6.61 Å². The van der Waals surface area contributed by atoms with E-state index in [2.05, 4.69) is 5.32 Å². The van der Waals surface area contributed by atoms with Crippen molar-refractivity contribution in [1.29, 1.82) is 0 Å². The van der Waals surface area contributed by atoms with Crippen molar-refractivity contribution in [3.63, 3.8) is 0 Å². The molecule has 0 aromatic carbocycles. The molecule has 0 aliphatic carbocycles. The molecule has 4 heteroatoms. The third-order valence-corrected chi connectivity index (χ3v) is 2.28. The molecule has 0 saturated heterocycles. The van der Waals surface area contributed by atoms with E-state index in [-0.39, 0.29) is 18.6 Å². The molecule has 1 atom stereocenters. The molecule has 1 heterocycles. The highest BCUT2D eigenvalue weighted by molar-refractivity contribution is 5.91. The predicted octanol–water partition coefficient (Wildman–Crippen LogP) is 1.34. The molecule has 0 aliphatic rings. The van der Waals surface area contributed by atoms with E-state index in [1.165, 1.54) is 0 Å². The van der Waals surface area contributed by atoms with E-state index in [0.29, 0.717) is 12.2 Å². The van der Waals surface area contributed by atoms with Crippen molar-refractivity contribution in [1.82, 2.24) is 5.32 Å². The van der Waals surface area contributed by atoms with Gasteiger partial charge in [-0.05, 0) is 18.6 Å². The van der Waals surface area contributed by atoms with Crippen LogP contribution >= 0.6 is 0 Å². The number of carbonyl (C=O) groups is 1. The highest BCUT2D eigenvalue weighted by Gasteiger charge is 2.14. The molecule has 1 aromatic rings. The van der Waals surface area contributed by atoms with Gasteiger partial charge in [-0.2, -0.15) is 0 Å². The van der Waals surface area contributed by atoms with Crippen molar-refractivity contribution in [2.24, 2.45) is 0 Å². The zero-order chi connectivity index (χ0) is 11.3. The van der Waals surface area contributed by atoms with Gasteiger partial charge in [-0.25, -0.2) is 0 Å². The summed E-state index contributed by atoms with van der Waals surface area (Å²) in [6.07, 6.45) is 1.47. The fourth-order valence-electron chi connectivity index (χ4n) is 1.22. The molecule has 0 radical (unpaired) electrons. The molecular formula is C11H17NO3. The van der Waals surface area contributed by atoms with Gasteiger partial charge < -0.3 is 14.8 Å². The van der Waals surface area contributed by atoms with Crippen LogP contribution in [0, 0.1) is 0 Å². The maximum absolute atomic E-state index is 11.6. The lowest BCUT2D eigenvalue weighted by molar-refractivity contribution is 0.0885. The van der Waals surface area contributed by atoms with Crippen molar-refractivity contribution in [3.8, 4) is 0 Å². The SMILES string of the molecule is CCc1ccc(C(=O)N[C@@H](CC)CO)o1. The molecule has 2 N–H and O–H groups in total. The van der Waals surface area contributed by atoms with Crippen molar-refractivity contribution in [2.45, 2.75) is 32.7 Å². The maximum atomic E-state index is 11.6. The molecule has 0 bridgehead atoms. The average molecular weight is 211 g/mol. The van der Waals surface area contributed by atoms with Gasteiger partial charge in [-0.3, -0.25) is 4.79 Å². The Balaban J connectivity index is 2.60. The summed E-state index contributed by atoms with van der Waals surface area (Å²) in [5, 5.41) is 11.6. The van der Waals surface area contributed by atoms with Crippen LogP contribution in [0.2, 0.25) is 0 Å². The molecule has 15 heavy (non-hydrogen) atoms. The number of rotatable bonds is 5. The Morgan fingerprint density at radius 3 is 2.73 bits per heavy atom. The molecule has 1 amide bonds. The number of aliphatic hydroxyl groups is 1. The molecule has 0 spiro atoms. The Labute approximate surface area is 89.3 Å². The summed E-state index contributed by atoms with van der Waals surface area (Å²) in [4.78, 5) is 11.6. The molecule has 0 unspecified atom stereocenters. The van der Waals surface area contributed by atoms with E-state index in [1.807, 2.05) is 13.8 Å². The normalized spacial score (nSPS) is 12.5. The second-order valence-electron chi connectivity index (χ2n) is 3.38. The van der Waals surface area contributed by atoms with Gasteiger partial charge in [0.1, 0.15) is 5.76 Å². The maximum Gasteiger partial charge on any atom is 0.287 e. The Kier molecular flexibility index (Phi) is 4.37. The van der Waals surface area contributed by atoms with Crippen molar-refractivity contribution in [3.05, 3.63) is 23.7 Å². The summed E-state index contributed by atoms with van der Waals surface area (Å²) in [5.74, 6) is 0.826. The van der Waals surface area contributed by atoms with Gasteiger partial charge in [0, 0.05) is 6.42 Å². The summed E-state index contributed by atoms with van der Waals surface area (Å²) >= 11 is 0. The Morgan fingerprint density at radius 1 is 1.53 bits per heavy atom. The molecule has 0 saturated carbocycles. The number of hydrogen-bond acceptors (Lipinski definition) is 3. The lowest BCUT2D eigenvalue weighted by atomic mass is 10.2. The van der Waals surface area contributed by atoms with E-state index < -0.39 is 0 Å². The van der Waals surface area contributed by atoms with E-state index in [9.17, 15) is 4.79 Å². The molecular weight excluding hydrogens is 194 g/mol. The Hall–Kier alpha value is -1.29. The summed E-state index contributed by atoms with van der Waals surface area (Å²) in [6, 6.07) is 3.24. The number of amides is 1. The van der Waals surface area contributed by atoms with Crippen LogP contribution in [0.3, 0.4) is 0 Å². The molecule has 1 rings (SSSR count). The minimum Gasteiger partial charge on any atom is -0.456 e. The monoisotopic (exact) mass is 211 g/mol. The molecule has 0 aliphatic heterocycles. The lowest BCUT2D eigenvalue weighted by Crippen LogP contribution is -2.36. The average Bonchev–Trinajstić information content (AvgIpc) is 2.74. The predicted molar refractivity (Wildman–Crippen MR) is 56.7 cm³/mol. The van der Waals surface area contributed by atoms with Gasteiger partial charge in [0.2, 0.25) is 0 Å². The quantitative estimate of drug-likeness (QED) is 0.772. The van der Waals surface area contributed by atoms with Crippen LogP contribution < -0.4 is 5.32 Å². The van der Waals surface area contributed by atoms with E-state index in [0.717, 1.165) is 12.2 Å². The number of furan rings is 1. The third-order valence-electron chi connectivity index (χ3n) is 2.28. The summed E-state index contributed by atoms with van der Waals surface area (Å²) in [5.41, 5.74) is 0. The van der Waals surface area contributed by atoms with E-state index >= 15 is 0 Å². The Morgan fingerprint density at radius 2 is 2.27 bits per heavy atom. The van der Waals surface area contributed by atoms with Gasteiger partial charge in [0.25, 0.3) is 5.91 Å². The minimum absolute atomic E-state index is 0.0520. The van der Waals surface area contributed by atoms with Crippen LogP contribution in [-0.4, -0.2) is 23.7 Å². The summed E-state index contributed by atoms with van der Waals surface area (Å²) < 4.78 is 5.29. The highest BCUT2D eigenvalue weighted by Crippen LogP contribution is 2.08. The first-order valence-corrected chi connectivity index (χ1v) is 5.21. The van der Waals surface area contributed by atoms with Crippen LogP contribution in [0.25, 0.3) is 0 Å². The van der Waals surface area contributed by atoms with Gasteiger partial charge in [0.15, 0.2) is 5.76 Å². The van der Waals surface area contributed by atoms with Crippen LogP contribution in [0.4, 0.5) is 0 Å². The first-order valence-electron chi connectivity index (χ1n) is 5.21. The van der Waals surface area contributed by atoms with Crippen LogP contribution in [-0.2, 0) is 6.42 Å². The second-order valence-corrected chi connectivity index (χ2v) is 3.38. The topological polar surface area (TPSA) is 62.5 Å². The third kappa shape index (κ3) is 3.09. The van der Waals surface area contributed by atoms with Crippen molar-refractivity contribution < 1.29 is 14.3 Å². The summed E-state index contributed by atoms with van der Waals surface area (Å²) in [7, 11) is 0. The van der Waals surface area contributed by atoms with Crippen molar-refractivity contribution >= 4 is 5.91 Å². The van der Waals surface area contributed by atoms with Gasteiger partial charge in [0.05, 0.1) is 12.6 Å². The number of aliphatic hydroxyl groups excluding tert-OH is 1. The van der Waals surface area contributed by atoms with E-state index in [4.69, 9.17) is 9.52 Å². The van der Waals surface area contributed by atoms with Gasteiger partial charge in [-0.15, -0.1) is 0 Å². The van der Waals surface area contributed by atoms with Crippen LogP contribution in [0.1, 0.15) is 36.6 Å². The fourth-order valence-corrected chi connectivity index (χ4v) is 1.22. The zero-order valence-corrected chi connectivity index (χ0v) is 9.12. The molecule has 1 aromatic heterocycles. The van der Waals surface area contributed by atoms with Gasteiger partial charge >= 0.3 is 0 Å². The highest BCUT2D eigenvalue weighted by atomic mass is 16.3. The molecule has 4 nitrogen and oxygen atoms in total. The lowest BCUT2D eigenvalue weighted by Gasteiger charge is -2.12. The smallest absolute Gasteiger partial charge is 0.287 e. The number of aryl methyl sites for hydroxylation is 1. The number of carbonyl (C=O) groups excluding carboxylic acids is 1. The molecule has 0 fully saturated rings. The molecule has 84 valence electrons. The number of nitrogens with one attached hydrogen (secondary N) is 1. The first kappa shape index (κ1) is 11.8. The fraction of sp³-hybridized carbons (Fsp3) is 0.545. The summed E-state index contributed by atoms with van der Waals surface area (Å²) in [6.45, 7) is 3.81. The zero-order valence-electron chi connectivity index (χ0n) is 9.12. The first-order chi connectivity index (χ1) is 7.21. The number of hydrogen-bond donors (Lipinski definition) is 2. The Bertz CT molecular complexity index is 315. The minimum atomic E-state index is -0.268. The van der Waals surface area contributed by atoms with Crippen LogP contribution in [0.15, 0.2) is 16.5 Å². The standard InChI is InChI=1S/C11H17NO3/c1-3-8(7-13)12-11(14)10-6-5-9(4-2)15-10/h5-6,8,13H,3-4,7H2,1-2H3,(H,12,14)/t8-/m0/s1.